The second-order valence-corrected chi connectivity index (χ2v) is 6.83. The molecule has 1 saturated heterocycles. The van der Waals surface area contributed by atoms with Gasteiger partial charge in [0.1, 0.15) is 0 Å². The fraction of sp³-hybridized carbons (Fsp3) is 0.429. The molecule has 1 aliphatic heterocycles. The maximum Gasteiger partial charge on any atom is 0.397 e. The maximum atomic E-state index is 12.0. The minimum atomic E-state index is -3.26. The number of carbonyl (C=O) groups excluding carboxylic acids is 2. The molecule has 0 atom stereocenters. The van der Waals surface area contributed by atoms with Crippen molar-refractivity contribution >= 4 is 33.3 Å². The maximum absolute atomic E-state index is 12.0. The molecule has 7 nitrogen and oxygen atoms in total. The fourth-order valence-corrected chi connectivity index (χ4v) is 3.81. The number of rotatable bonds is 3. The second kappa shape index (κ2) is 6.78. The summed E-state index contributed by atoms with van der Waals surface area (Å²) in [5, 5.41) is 2.40. The van der Waals surface area contributed by atoms with Crippen molar-refractivity contribution in [1.82, 2.24) is 0 Å². The lowest BCUT2D eigenvalue weighted by molar-refractivity contribution is -0.152. The molecule has 8 heteroatoms. The molecule has 0 aliphatic carbocycles. The first-order valence-corrected chi connectivity index (χ1v) is 8.63. The number of nitrogens with one attached hydrogen (secondary N) is 1. The minimum absolute atomic E-state index is 0.123. The van der Waals surface area contributed by atoms with Gasteiger partial charge in [0.25, 0.3) is 0 Å². The van der Waals surface area contributed by atoms with Crippen molar-refractivity contribution in [1.29, 1.82) is 0 Å². The van der Waals surface area contributed by atoms with Crippen LogP contribution in [0.5, 0.6) is 0 Å². The van der Waals surface area contributed by atoms with Crippen molar-refractivity contribution in [2.75, 3.05) is 28.5 Å². The summed E-state index contributed by atoms with van der Waals surface area (Å²) < 4.78 is 30.0. The minimum Gasteiger partial charge on any atom is -0.459 e. The Morgan fingerprint density at radius 2 is 1.91 bits per heavy atom. The first-order chi connectivity index (χ1) is 10.4. The first-order valence-electron chi connectivity index (χ1n) is 7.02. The Morgan fingerprint density at radius 1 is 1.23 bits per heavy atom. The van der Waals surface area contributed by atoms with Gasteiger partial charge in [-0.25, -0.2) is 13.2 Å². The summed E-state index contributed by atoms with van der Waals surface area (Å²) in [5.41, 5.74) is 0.949. The Labute approximate surface area is 129 Å². The van der Waals surface area contributed by atoms with E-state index in [1.165, 1.54) is 4.31 Å². The average molecular weight is 326 g/mol. The molecule has 1 fully saturated rings. The standard InChI is InChI=1S/C14H18N2O5S/c1-2-21-14(18)13(17)15-11-5-7-12(8-6-11)16-9-3-4-10-22(16,19)20/h5-8H,2-4,9-10H2,1H3,(H,15,17). The van der Waals surface area contributed by atoms with Crippen LogP contribution in [0.4, 0.5) is 11.4 Å². The van der Waals surface area contributed by atoms with Gasteiger partial charge >= 0.3 is 11.9 Å². The summed E-state index contributed by atoms with van der Waals surface area (Å²) in [6.45, 7) is 2.19. The zero-order valence-electron chi connectivity index (χ0n) is 12.2. The van der Waals surface area contributed by atoms with Crippen LogP contribution in [-0.2, 0) is 24.3 Å². The summed E-state index contributed by atoms with van der Waals surface area (Å²) in [7, 11) is -3.26. The predicted molar refractivity (Wildman–Crippen MR) is 82.1 cm³/mol. The van der Waals surface area contributed by atoms with Crippen molar-refractivity contribution in [2.24, 2.45) is 0 Å². The molecular weight excluding hydrogens is 308 g/mol. The number of benzene rings is 1. The molecule has 0 radical (unpaired) electrons. The number of esters is 1. The van der Waals surface area contributed by atoms with Gasteiger partial charge in [0.15, 0.2) is 0 Å². The number of anilines is 2. The number of hydrogen-bond acceptors (Lipinski definition) is 5. The molecule has 120 valence electrons. The van der Waals surface area contributed by atoms with E-state index in [4.69, 9.17) is 0 Å². The Kier molecular flexibility index (Phi) is 5.02. The Bertz CT molecular complexity index is 654. The van der Waals surface area contributed by atoms with Gasteiger partial charge in [0, 0.05) is 12.2 Å². The summed E-state index contributed by atoms with van der Waals surface area (Å²) in [5.74, 6) is -1.67. The molecule has 2 rings (SSSR count). The lowest BCUT2D eigenvalue weighted by Crippen LogP contribution is -2.37. The third-order valence-corrected chi connectivity index (χ3v) is 5.09. The van der Waals surface area contributed by atoms with Crippen LogP contribution in [-0.4, -0.2) is 39.2 Å². The largest absolute Gasteiger partial charge is 0.459 e. The van der Waals surface area contributed by atoms with E-state index in [0.29, 0.717) is 24.3 Å². The number of carbonyl (C=O) groups is 2. The topological polar surface area (TPSA) is 92.8 Å². The highest BCUT2D eigenvalue weighted by Crippen LogP contribution is 2.24. The summed E-state index contributed by atoms with van der Waals surface area (Å²) in [6.07, 6.45) is 1.49. The molecule has 0 bridgehead atoms. The predicted octanol–water partition coefficient (Wildman–Crippen LogP) is 1.12. The van der Waals surface area contributed by atoms with E-state index < -0.39 is 21.9 Å². The van der Waals surface area contributed by atoms with E-state index in [1.54, 1.807) is 31.2 Å². The Balaban J connectivity index is 2.07. The number of hydrogen-bond donors (Lipinski definition) is 1. The van der Waals surface area contributed by atoms with E-state index in [2.05, 4.69) is 10.1 Å². The van der Waals surface area contributed by atoms with Gasteiger partial charge in [-0.1, -0.05) is 0 Å². The Hall–Kier alpha value is -2.09. The van der Waals surface area contributed by atoms with Gasteiger partial charge in [-0.05, 0) is 44.0 Å². The van der Waals surface area contributed by atoms with Crippen LogP contribution in [0.15, 0.2) is 24.3 Å². The number of nitrogens with zero attached hydrogens (tertiary/aromatic N) is 1. The summed E-state index contributed by atoms with van der Waals surface area (Å²) >= 11 is 0. The highest BCUT2D eigenvalue weighted by Gasteiger charge is 2.25. The molecule has 0 aromatic heterocycles. The molecule has 1 aromatic rings. The van der Waals surface area contributed by atoms with E-state index in [0.717, 1.165) is 6.42 Å². The molecule has 0 unspecified atom stereocenters. The highest BCUT2D eigenvalue weighted by molar-refractivity contribution is 7.92. The van der Waals surface area contributed by atoms with Crippen molar-refractivity contribution < 1.29 is 22.7 Å². The molecule has 1 amide bonds. The molecule has 1 aliphatic rings. The zero-order chi connectivity index (χ0) is 16.2. The second-order valence-electron chi connectivity index (χ2n) is 4.82. The van der Waals surface area contributed by atoms with Crippen molar-refractivity contribution in [3.63, 3.8) is 0 Å². The lowest BCUT2D eigenvalue weighted by Gasteiger charge is -2.28. The van der Waals surface area contributed by atoms with Gasteiger partial charge < -0.3 is 10.1 Å². The molecular formula is C14H18N2O5S. The van der Waals surface area contributed by atoms with Gasteiger partial charge in [-0.3, -0.25) is 9.10 Å². The lowest BCUT2D eigenvalue weighted by atomic mass is 10.2. The Morgan fingerprint density at radius 3 is 2.50 bits per heavy atom. The average Bonchev–Trinajstić information content (AvgIpc) is 2.48. The molecule has 1 N–H and O–H groups in total. The van der Waals surface area contributed by atoms with Crippen LogP contribution in [0, 0.1) is 0 Å². The van der Waals surface area contributed by atoms with Crippen LogP contribution in [0.25, 0.3) is 0 Å². The molecule has 0 spiro atoms. The van der Waals surface area contributed by atoms with Gasteiger partial charge in [-0.15, -0.1) is 0 Å². The summed E-state index contributed by atoms with van der Waals surface area (Å²) in [6, 6.07) is 6.31. The molecule has 0 saturated carbocycles. The molecule has 1 aromatic carbocycles. The third kappa shape index (κ3) is 3.76. The third-order valence-electron chi connectivity index (χ3n) is 3.22. The van der Waals surface area contributed by atoms with Crippen molar-refractivity contribution in [2.45, 2.75) is 19.8 Å². The zero-order valence-corrected chi connectivity index (χ0v) is 13.1. The number of amides is 1. The molecule has 1 heterocycles. The van der Waals surface area contributed by atoms with Crippen LogP contribution in [0.3, 0.4) is 0 Å². The van der Waals surface area contributed by atoms with Crippen LogP contribution >= 0.6 is 0 Å². The van der Waals surface area contributed by atoms with E-state index >= 15 is 0 Å². The van der Waals surface area contributed by atoms with Crippen LogP contribution < -0.4 is 9.62 Å². The number of sulfonamides is 1. The highest BCUT2D eigenvalue weighted by atomic mass is 32.2. The quantitative estimate of drug-likeness (QED) is 0.664. The van der Waals surface area contributed by atoms with Crippen molar-refractivity contribution in [3.05, 3.63) is 24.3 Å². The van der Waals surface area contributed by atoms with Gasteiger partial charge in [0.2, 0.25) is 10.0 Å². The number of ether oxygens (including phenoxy) is 1. The van der Waals surface area contributed by atoms with E-state index in [-0.39, 0.29) is 12.4 Å². The fourth-order valence-electron chi connectivity index (χ4n) is 2.17. The van der Waals surface area contributed by atoms with Crippen LogP contribution in [0.1, 0.15) is 19.8 Å². The molecule has 22 heavy (non-hydrogen) atoms. The smallest absolute Gasteiger partial charge is 0.397 e. The summed E-state index contributed by atoms with van der Waals surface area (Å²) in [4.78, 5) is 22.7. The normalized spacial score (nSPS) is 16.9. The van der Waals surface area contributed by atoms with Crippen molar-refractivity contribution in [3.8, 4) is 0 Å². The van der Waals surface area contributed by atoms with E-state index in [9.17, 15) is 18.0 Å². The first kappa shape index (κ1) is 16.3. The SMILES string of the molecule is CCOC(=O)C(=O)Nc1ccc(N2CCCCS2(=O)=O)cc1. The van der Waals surface area contributed by atoms with Gasteiger partial charge in [-0.2, -0.15) is 0 Å². The monoisotopic (exact) mass is 326 g/mol. The van der Waals surface area contributed by atoms with E-state index in [1.807, 2.05) is 0 Å². The van der Waals surface area contributed by atoms with Crippen LogP contribution in [0.2, 0.25) is 0 Å². The van der Waals surface area contributed by atoms with Gasteiger partial charge in [0.05, 0.1) is 18.0 Å².